The first-order valence-corrected chi connectivity index (χ1v) is 11.0. The van der Waals surface area contributed by atoms with E-state index in [9.17, 15) is 17.6 Å². The Labute approximate surface area is 174 Å². The number of hydrogen-bond acceptors (Lipinski definition) is 4. The van der Waals surface area contributed by atoms with E-state index >= 15 is 0 Å². The van der Waals surface area contributed by atoms with Crippen molar-refractivity contribution in [3.63, 3.8) is 0 Å². The van der Waals surface area contributed by atoms with E-state index in [0.29, 0.717) is 30.0 Å². The summed E-state index contributed by atoms with van der Waals surface area (Å²) >= 11 is 0. The smallest absolute Gasteiger partial charge is 0.241 e. The molecule has 1 fully saturated rings. The zero-order valence-electron chi connectivity index (χ0n) is 16.3. The number of hydrogen-bond donors (Lipinski definition) is 1. The molecule has 1 atom stereocenters. The van der Waals surface area contributed by atoms with Crippen LogP contribution in [-0.4, -0.2) is 30.4 Å². The highest BCUT2D eigenvalue weighted by Gasteiger charge is 2.27. The van der Waals surface area contributed by atoms with Crippen LogP contribution in [0.1, 0.15) is 30.3 Å². The largest absolute Gasteiger partial charge is 0.336 e. The van der Waals surface area contributed by atoms with Gasteiger partial charge in [0.2, 0.25) is 15.9 Å². The minimum atomic E-state index is -3.95. The third-order valence-electron chi connectivity index (χ3n) is 5.10. The number of halogens is 1. The molecule has 3 aromatic rings. The normalized spacial score (nSPS) is 15.5. The Morgan fingerprint density at radius 2 is 1.93 bits per heavy atom. The van der Waals surface area contributed by atoms with E-state index in [1.165, 1.54) is 30.3 Å². The summed E-state index contributed by atoms with van der Waals surface area (Å²) in [5.74, 6) is -0.00122. The van der Waals surface area contributed by atoms with E-state index in [1.807, 2.05) is 0 Å². The third-order valence-corrected chi connectivity index (χ3v) is 6.54. The van der Waals surface area contributed by atoms with Crippen LogP contribution in [0.5, 0.6) is 0 Å². The van der Waals surface area contributed by atoms with Gasteiger partial charge in [-0.1, -0.05) is 12.1 Å². The Kier molecular flexibility index (Phi) is 5.40. The molecule has 0 spiro atoms. The minimum Gasteiger partial charge on any atom is -0.336 e. The monoisotopic (exact) mass is 428 g/mol. The molecule has 9 heteroatoms. The topological polar surface area (TPSA) is 84.3 Å². The van der Waals surface area contributed by atoms with E-state index in [1.54, 1.807) is 47.1 Å². The number of carbonyl (C=O) groups is 1. The van der Waals surface area contributed by atoms with Gasteiger partial charge in [0.15, 0.2) is 0 Å². The summed E-state index contributed by atoms with van der Waals surface area (Å²) in [6.45, 7) is 0.629. The molecule has 0 saturated carbocycles. The summed E-state index contributed by atoms with van der Waals surface area (Å²) < 4.78 is 44.3. The number of nitrogens with one attached hydrogen (secondary N) is 1. The lowest BCUT2D eigenvalue weighted by Gasteiger charge is -2.20. The van der Waals surface area contributed by atoms with E-state index < -0.39 is 21.9 Å². The lowest BCUT2D eigenvalue weighted by atomic mass is 10.1. The third kappa shape index (κ3) is 3.99. The van der Waals surface area contributed by atoms with Gasteiger partial charge < -0.3 is 9.47 Å². The standard InChI is InChI=1S/C21H21FN4O3S/c1-25-13-11-23-21(25)20(15-4-2-5-16(22)14-15)24-30(28,29)18-9-7-17(8-10-18)26-12-3-6-19(26)27/h2,4-5,7-11,13-14,20,24H,3,6,12H2,1H3/t20-/m1/s1. The van der Waals surface area contributed by atoms with Crippen molar-refractivity contribution < 1.29 is 17.6 Å². The number of aryl methyl sites for hydroxylation is 1. The second-order valence-corrected chi connectivity index (χ2v) is 8.86. The zero-order chi connectivity index (χ0) is 21.3. The molecule has 0 aliphatic carbocycles. The van der Waals surface area contributed by atoms with Crippen LogP contribution in [0.4, 0.5) is 10.1 Å². The molecule has 156 valence electrons. The fourth-order valence-electron chi connectivity index (χ4n) is 3.56. The lowest BCUT2D eigenvalue weighted by Crippen LogP contribution is -2.31. The maximum absolute atomic E-state index is 13.8. The van der Waals surface area contributed by atoms with Crippen LogP contribution in [0.15, 0.2) is 65.8 Å². The summed E-state index contributed by atoms with van der Waals surface area (Å²) in [7, 11) is -2.21. The molecular formula is C21H21FN4O3S. The predicted molar refractivity (Wildman–Crippen MR) is 110 cm³/mol. The van der Waals surface area contributed by atoms with Crippen LogP contribution in [-0.2, 0) is 21.9 Å². The van der Waals surface area contributed by atoms with Gasteiger partial charge in [0.1, 0.15) is 17.7 Å². The molecule has 0 radical (unpaired) electrons. The van der Waals surface area contributed by atoms with Crippen molar-refractivity contribution in [2.45, 2.75) is 23.8 Å². The summed E-state index contributed by atoms with van der Waals surface area (Å²) in [6, 6.07) is 11.0. The van der Waals surface area contributed by atoms with E-state index in [-0.39, 0.29) is 10.8 Å². The van der Waals surface area contributed by atoms with Crippen LogP contribution in [0.2, 0.25) is 0 Å². The Morgan fingerprint density at radius 1 is 1.17 bits per heavy atom. The second-order valence-electron chi connectivity index (χ2n) is 7.15. The number of amides is 1. The molecule has 1 amide bonds. The maximum atomic E-state index is 13.8. The van der Waals surface area contributed by atoms with Gasteiger partial charge >= 0.3 is 0 Å². The number of rotatable bonds is 6. The van der Waals surface area contributed by atoms with Crippen molar-refractivity contribution in [1.29, 1.82) is 0 Å². The quantitative estimate of drug-likeness (QED) is 0.654. The first-order valence-electron chi connectivity index (χ1n) is 9.50. The summed E-state index contributed by atoms with van der Waals surface area (Å²) in [5, 5.41) is 0. The average molecular weight is 428 g/mol. The van der Waals surface area contributed by atoms with Crippen molar-refractivity contribution in [3.05, 3.63) is 78.1 Å². The van der Waals surface area contributed by atoms with Gasteiger partial charge in [-0.05, 0) is 48.4 Å². The molecule has 0 unspecified atom stereocenters. The average Bonchev–Trinajstić information content (AvgIpc) is 3.34. The zero-order valence-corrected chi connectivity index (χ0v) is 17.1. The van der Waals surface area contributed by atoms with Gasteiger partial charge in [0.05, 0.1) is 4.90 Å². The molecule has 1 saturated heterocycles. The summed E-state index contributed by atoms with van der Waals surface area (Å²) in [6.07, 6.45) is 4.54. The molecule has 1 N–H and O–H groups in total. The van der Waals surface area contributed by atoms with Gasteiger partial charge in [0.25, 0.3) is 0 Å². The van der Waals surface area contributed by atoms with Crippen LogP contribution in [0.25, 0.3) is 0 Å². The molecule has 2 aromatic carbocycles. The molecule has 30 heavy (non-hydrogen) atoms. The Morgan fingerprint density at radius 3 is 2.53 bits per heavy atom. The van der Waals surface area contributed by atoms with Crippen molar-refractivity contribution in [3.8, 4) is 0 Å². The Hall–Kier alpha value is -3.04. The highest BCUT2D eigenvalue weighted by Crippen LogP contribution is 2.26. The molecule has 1 aromatic heterocycles. The summed E-state index contributed by atoms with van der Waals surface area (Å²) in [4.78, 5) is 17.8. The predicted octanol–water partition coefficient (Wildman–Crippen LogP) is 2.75. The highest BCUT2D eigenvalue weighted by atomic mass is 32.2. The molecule has 1 aliphatic rings. The van der Waals surface area contributed by atoms with Gasteiger partial charge in [-0.15, -0.1) is 0 Å². The van der Waals surface area contributed by atoms with Gasteiger partial charge in [-0.2, -0.15) is 4.72 Å². The number of anilines is 1. The number of nitrogens with zero attached hydrogens (tertiary/aromatic N) is 3. The second kappa shape index (κ2) is 8.00. The number of benzene rings is 2. The van der Waals surface area contributed by atoms with Gasteiger partial charge in [-0.3, -0.25) is 4.79 Å². The fourth-order valence-corrected chi connectivity index (χ4v) is 4.74. The Bertz CT molecular complexity index is 1170. The Balaban J connectivity index is 1.65. The van der Waals surface area contributed by atoms with Crippen LogP contribution in [0.3, 0.4) is 0 Å². The van der Waals surface area contributed by atoms with Crippen molar-refractivity contribution >= 4 is 21.6 Å². The highest BCUT2D eigenvalue weighted by molar-refractivity contribution is 7.89. The van der Waals surface area contributed by atoms with Crippen LogP contribution in [0, 0.1) is 5.82 Å². The SMILES string of the molecule is Cn1ccnc1[C@H](NS(=O)(=O)c1ccc(N2CCCC2=O)cc1)c1cccc(F)c1. The van der Waals surface area contributed by atoms with Crippen molar-refractivity contribution in [2.24, 2.45) is 7.05 Å². The molecule has 0 bridgehead atoms. The molecule has 1 aliphatic heterocycles. The van der Waals surface area contributed by atoms with Crippen molar-refractivity contribution in [2.75, 3.05) is 11.4 Å². The van der Waals surface area contributed by atoms with Gasteiger partial charge in [0, 0.05) is 38.1 Å². The van der Waals surface area contributed by atoms with Crippen LogP contribution < -0.4 is 9.62 Å². The maximum Gasteiger partial charge on any atom is 0.241 e. The van der Waals surface area contributed by atoms with E-state index in [2.05, 4.69) is 9.71 Å². The molecule has 4 rings (SSSR count). The molecule has 2 heterocycles. The van der Waals surface area contributed by atoms with Gasteiger partial charge in [-0.25, -0.2) is 17.8 Å². The minimum absolute atomic E-state index is 0.0321. The number of aromatic nitrogens is 2. The fraction of sp³-hybridized carbons (Fsp3) is 0.238. The number of carbonyl (C=O) groups excluding carboxylic acids is 1. The lowest BCUT2D eigenvalue weighted by molar-refractivity contribution is -0.117. The molecular weight excluding hydrogens is 407 g/mol. The first kappa shape index (κ1) is 20.2. The summed E-state index contributed by atoms with van der Waals surface area (Å²) in [5.41, 5.74) is 1.11. The first-order chi connectivity index (χ1) is 14.3. The van der Waals surface area contributed by atoms with E-state index in [4.69, 9.17) is 0 Å². The van der Waals surface area contributed by atoms with Crippen LogP contribution >= 0.6 is 0 Å². The molecule has 7 nitrogen and oxygen atoms in total. The number of sulfonamides is 1. The van der Waals surface area contributed by atoms with Crippen molar-refractivity contribution in [1.82, 2.24) is 14.3 Å². The number of imidazole rings is 1. The van der Waals surface area contributed by atoms with E-state index in [0.717, 1.165) is 6.42 Å².